The Kier molecular flexibility index (Phi) is 6.73. The maximum Gasteiger partial charge on any atom is 0.213 e. The molecular formula is C15H26N2O. The normalized spacial score (nSPS) is 14.2. The first-order chi connectivity index (χ1) is 8.63. The predicted octanol–water partition coefficient (Wildman–Crippen LogP) is 3.84. The zero-order valence-corrected chi connectivity index (χ0v) is 11.9. The van der Waals surface area contributed by atoms with Crippen molar-refractivity contribution in [1.29, 1.82) is 0 Å². The molecule has 0 fully saturated rings. The Balaban J connectivity index is 2.32. The van der Waals surface area contributed by atoms with Crippen molar-refractivity contribution in [2.24, 2.45) is 5.73 Å². The number of unbranched alkanes of at least 4 members (excludes halogenated alkanes) is 3. The molecule has 2 N–H and O–H groups in total. The molecule has 0 aliphatic carbocycles. The molecule has 3 nitrogen and oxygen atoms in total. The number of rotatable bonds is 8. The van der Waals surface area contributed by atoms with Gasteiger partial charge in [0.2, 0.25) is 5.88 Å². The summed E-state index contributed by atoms with van der Waals surface area (Å²) in [6.45, 7) is 6.28. The Hall–Kier alpha value is -1.09. The first-order valence-electron chi connectivity index (χ1n) is 7.01. The number of hydrogen-bond donors (Lipinski definition) is 1. The molecule has 0 saturated carbocycles. The van der Waals surface area contributed by atoms with Crippen LogP contribution in [0.1, 0.15) is 64.5 Å². The minimum Gasteiger partial charge on any atom is -0.475 e. The van der Waals surface area contributed by atoms with Crippen LogP contribution in [-0.4, -0.2) is 11.1 Å². The van der Waals surface area contributed by atoms with Crippen molar-refractivity contribution >= 4 is 0 Å². The van der Waals surface area contributed by atoms with Crippen molar-refractivity contribution < 1.29 is 4.74 Å². The van der Waals surface area contributed by atoms with Gasteiger partial charge in [-0.3, -0.25) is 0 Å². The van der Waals surface area contributed by atoms with Crippen molar-refractivity contribution in [2.45, 2.75) is 65.0 Å². The van der Waals surface area contributed by atoms with Gasteiger partial charge in [0.05, 0.1) is 6.10 Å². The maximum atomic E-state index is 5.78. The first-order valence-corrected chi connectivity index (χ1v) is 7.01. The lowest BCUT2D eigenvalue weighted by Gasteiger charge is -2.14. The Morgan fingerprint density at radius 2 is 2.00 bits per heavy atom. The molecule has 1 aromatic rings. The van der Waals surface area contributed by atoms with Crippen molar-refractivity contribution in [2.75, 3.05) is 0 Å². The van der Waals surface area contributed by atoms with E-state index in [1.165, 1.54) is 25.7 Å². The van der Waals surface area contributed by atoms with E-state index in [9.17, 15) is 0 Å². The number of nitrogens with two attached hydrogens (primary N) is 1. The Bertz CT molecular complexity index is 322. The van der Waals surface area contributed by atoms with Crippen LogP contribution in [0.4, 0.5) is 0 Å². The monoisotopic (exact) mass is 250 g/mol. The van der Waals surface area contributed by atoms with E-state index in [-0.39, 0.29) is 12.1 Å². The molecule has 1 aromatic heterocycles. The number of hydrogen-bond acceptors (Lipinski definition) is 3. The standard InChI is InChI=1S/C15H26N2O/c1-4-5-6-7-8-12(2)18-15-10-9-14(11-17-15)13(3)16/h9-13H,4-8,16H2,1-3H3. The minimum absolute atomic E-state index is 0.0259. The Morgan fingerprint density at radius 1 is 1.22 bits per heavy atom. The third-order valence-electron chi connectivity index (χ3n) is 3.07. The summed E-state index contributed by atoms with van der Waals surface area (Å²) in [5.41, 5.74) is 6.82. The molecule has 2 unspecified atom stereocenters. The largest absolute Gasteiger partial charge is 0.475 e. The van der Waals surface area contributed by atoms with E-state index in [1.54, 1.807) is 6.20 Å². The SMILES string of the molecule is CCCCCCC(C)Oc1ccc(C(C)N)cn1. The van der Waals surface area contributed by atoms with Crippen LogP contribution in [0.3, 0.4) is 0 Å². The van der Waals surface area contributed by atoms with Crippen molar-refractivity contribution in [3.8, 4) is 5.88 Å². The molecule has 18 heavy (non-hydrogen) atoms. The molecule has 0 aromatic carbocycles. The fourth-order valence-corrected chi connectivity index (χ4v) is 1.85. The van der Waals surface area contributed by atoms with Crippen molar-refractivity contribution in [3.05, 3.63) is 23.9 Å². The topological polar surface area (TPSA) is 48.1 Å². The molecule has 1 heterocycles. The highest BCUT2D eigenvalue weighted by molar-refractivity contribution is 5.20. The van der Waals surface area contributed by atoms with E-state index in [2.05, 4.69) is 18.8 Å². The first kappa shape index (κ1) is 15.0. The molecule has 0 spiro atoms. The lowest BCUT2D eigenvalue weighted by atomic mass is 10.1. The van der Waals surface area contributed by atoms with Gasteiger partial charge < -0.3 is 10.5 Å². The molecule has 0 bridgehead atoms. The van der Waals surface area contributed by atoms with Gasteiger partial charge in [-0.25, -0.2) is 4.98 Å². The Labute approximate surface area is 111 Å². The third kappa shape index (κ3) is 5.50. The van der Waals surface area contributed by atoms with Gasteiger partial charge in [-0.15, -0.1) is 0 Å². The summed E-state index contributed by atoms with van der Waals surface area (Å²) < 4.78 is 5.78. The van der Waals surface area contributed by atoms with Gasteiger partial charge >= 0.3 is 0 Å². The predicted molar refractivity (Wildman–Crippen MR) is 75.7 cm³/mol. The van der Waals surface area contributed by atoms with Crippen molar-refractivity contribution in [1.82, 2.24) is 4.98 Å². The fourth-order valence-electron chi connectivity index (χ4n) is 1.85. The van der Waals surface area contributed by atoms with Crippen LogP contribution >= 0.6 is 0 Å². The van der Waals surface area contributed by atoms with E-state index in [4.69, 9.17) is 10.5 Å². The highest BCUT2D eigenvalue weighted by Gasteiger charge is 2.06. The quantitative estimate of drug-likeness (QED) is 0.713. The van der Waals surface area contributed by atoms with Crippen LogP contribution in [0.15, 0.2) is 18.3 Å². The number of ether oxygens (including phenoxy) is 1. The summed E-state index contributed by atoms with van der Waals surface area (Å²) in [5.74, 6) is 0.697. The van der Waals surface area contributed by atoms with Crippen LogP contribution in [0.25, 0.3) is 0 Å². The van der Waals surface area contributed by atoms with Gasteiger partial charge in [0.25, 0.3) is 0 Å². The number of nitrogens with zero attached hydrogens (tertiary/aromatic N) is 1. The van der Waals surface area contributed by atoms with Gasteiger partial charge in [-0.05, 0) is 32.3 Å². The molecule has 3 heteroatoms. The van der Waals surface area contributed by atoms with E-state index < -0.39 is 0 Å². The number of aromatic nitrogens is 1. The smallest absolute Gasteiger partial charge is 0.213 e. The van der Waals surface area contributed by atoms with Gasteiger partial charge in [-0.2, -0.15) is 0 Å². The molecular weight excluding hydrogens is 224 g/mol. The van der Waals surface area contributed by atoms with Crippen LogP contribution < -0.4 is 10.5 Å². The fraction of sp³-hybridized carbons (Fsp3) is 0.667. The van der Waals surface area contributed by atoms with Crippen LogP contribution in [0.2, 0.25) is 0 Å². The van der Waals surface area contributed by atoms with Crippen LogP contribution in [0, 0.1) is 0 Å². The van der Waals surface area contributed by atoms with E-state index in [0.29, 0.717) is 5.88 Å². The molecule has 2 atom stereocenters. The van der Waals surface area contributed by atoms with Gasteiger partial charge in [-0.1, -0.05) is 32.3 Å². The second-order valence-corrected chi connectivity index (χ2v) is 5.00. The highest BCUT2D eigenvalue weighted by atomic mass is 16.5. The molecule has 0 aliphatic rings. The van der Waals surface area contributed by atoms with E-state index >= 15 is 0 Å². The summed E-state index contributed by atoms with van der Waals surface area (Å²) >= 11 is 0. The average molecular weight is 250 g/mol. The maximum absolute atomic E-state index is 5.78. The summed E-state index contributed by atoms with van der Waals surface area (Å²) in [5, 5.41) is 0. The lowest BCUT2D eigenvalue weighted by molar-refractivity contribution is 0.198. The summed E-state index contributed by atoms with van der Waals surface area (Å²) in [6.07, 6.45) is 8.23. The minimum atomic E-state index is 0.0259. The molecule has 102 valence electrons. The van der Waals surface area contributed by atoms with Crippen molar-refractivity contribution in [3.63, 3.8) is 0 Å². The van der Waals surface area contributed by atoms with Gasteiger partial charge in [0.1, 0.15) is 0 Å². The molecule has 0 aliphatic heterocycles. The zero-order valence-electron chi connectivity index (χ0n) is 11.9. The molecule has 0 radical (unpaired) electrons. The Morgan fingerprint density at radius 3 is 2.56 bits per heavy atom. The molecule has 0 saturated heterocycles. The molecule has 1 rings (SSSR count). The second kappa shape index (κ2) is 8.09. The second-order valence-electron chi connectivity index (χ2n) is 5.00. The van der Waals surface area contributed by atoms with E-state index in [1.807, 2.05) is 19.1 Å². The zero-order chi connectivity index (χ0) is 13.4. The van der Waals surface area contributed by atoms with Gasteiger partial charge in [0, 0.05) is 18.3 Å². The lowest BCUT2D eigenvalue weighted by Crippen LogP contribution is -2.13. The van der Waals surface area contributed by atoms with Gasteiger partial charge in [0.15, 0.2) is 0 Å². The van der Waals surface area contributed by atoms with E-state index in [0.717, 1.165) is 12.0 Å². The number of pyridine rings is 1. The van der Waals surface area contributed by atoms with Crippen LogP contribution in [-0.2, 0) is 0 Å². The highest BCUT2D eigenvalue weighted by Crippen LogP contribution is 2.15. The summed E-state index contributed by atoms with van der Waals surface area (Å²) in [4.78, 5) is 4.28. The average Bonchev–Trinajstić information content (AvgIpc) is 2.35. The third-order valence-corrected chi connectivity index (χ3v) is 3.07. The summed E-state index contributed by atoms with van der Waals surface area (Å²) in [7, 11) is 0. The molecule has 0 amide bonds. The van der Waals surface area contributed by atoms with Crippen LogP contribution in [0.5, 0.6) is 5.88 Å². The summed E-state index contributed by atoms with van der Waals surface area (Å²) in [6, 6.07) is 3.91.